The summed E-state index contributed by atoms with van der Waals surface area (Å²) in [6.45, 7) is 11.5. The van der Waals surface area contributed by atoms with E-state index in [9.17, 15) is 0 Å². The fraction of sp³-hybridized carbons (Fsp3) is 1.00. The van der Waals surface area contributed by atoms with Crippen LogP contribution in [0.2, 0.25) is 0 Å². The van der Waals surface area contributed by atoms with E-state index in [-0.39, 0.29) is 0 Å². The smallest absolute Gasteiger partial charge is 0.0119 e. The van der Waals surface area contributed by atoms with Crippen molar-refractivity contribution in [1.29, 1.82) is 0 Å². The van der Waals surface area contributed by atoms with Crippen LogP contribution >= 0.6 is 0 Å². The van der Waals surface area contributed by atoms with Crippen LogP contribution in [0.15, 0.2) is 0 Å². The maximum Gasteiger partial charge on any atom is 0.0119 e. The number of piperazine rings is 1. The van der Waals surface area contributed by atoms with Gasteiger partial charge in [-0.15, -0.1) is 0 Å². The van der Waals surface area contributed by atoms with Crippen LogP contribution < -0.4 is 10.6 Å². The first-order chi connectivity index (χ1) is 10.8. The van der Waals surface area contributed by atoms with Crippen LogP contribution in [0, 0.1) is 11.3 Å². The minimum atomic E-state index is 0.752. The standard InChI is InChI=1S/C18H34N4/c1-5-19-6-2-17(1)22-9-3-18(4-10-22)13-16(14-18)15-21-11-7-20-8-12-21/h16-17,19-20H,1-15H2. The minimum absolute atomic E-state index is 0.752. The second-order valence-electron chi connectivity index (χ2n) is 8.34. The number of likely N-dealkylation sites (tertiary alicyclic amines) is 1. The van der Waals surface area contributed by atoms with E-state index in [2.05, 4.69) is 20.4 Å². The van der Waals surface area contributed by atoms with E-state index < -0.39 is 0 Å². The summed E-state index contributed by atoms with van der Waals surface area (Å²) in [5.41, 5.74) is 0.752. The number of nitrogens with zero attached hydrogens (tertiary/aromatic N) is 2. The number of hydrogen-bond donors (Lipinski definition) is 2. The molecule has 1 spiro atoms. The van der Waals surface area contributed by atoms with E-state index in [4.69, 9.17) is 0 Å². The molecule has 0 amide bonds. The van der Waals surface area contributed by atoms with Crippen molar-refractivity contribution in [2.75, 3.05) is 58.9 Å². The Hall–Kier alpha value is -0.160. The molecule has 3 aliphatic heterocycles. The molecule has 4 nitrogen and oxygen atoms in total. The highest BCUT2D eigenvalue weighted by Crippen LogP contribution is 2.53. The summed E-state index contributed by atoms with van der Waals surface area (Å²) in [5.74, 6) is 1.00. The van der Waals surface area contributed by atoms with Crippen molar-refractivity contribution in [2.45, 2.75) is 44.6 Å². The molecular weight excluding hydrogens is 272 g/mol. The number of nitrogens with one attached hydrogen (secondary N) is 2. The molecule has 126 valence electrons. The molecule has 0 aromatic carbocycles. The SMILES string of the molecule is C1CC(N2CCC3(CC2)CC(CN2CCNCC2)C3)CCN1. The Kier molecular flexibility index (Phi) is 4.72. The Morgan fingerprint density at radius 2 is 1.45 bits per heavy atom. The molecule has 0 atom stereocenters. The lowest BCUT2D eigenvalue weighted by Gasteiger charge is -2.54. The van der Waals surface area contributed by atoms with Gasteiger partial charge in [-0.05, 0) is 76.0 Å². The van der Waals surface area contributed by atoms with Gasteiger partial charge in [-0.3, -0.25) is 0 Å². The zero-order chi connectivity index (χ0) is 14.8. The quantitative estimate of drug-likeness (QED) is 0.818. The Morgan fingerprint density at radius 1 is 0.818 bits per heavy atom. The fourth-order valence-corrected chi connectivity index (χ4v) is 5.50. The molecule has 4 rings (SSSR count). The molecule has 22 heavy (non-hydrogen) atoms. The Morgan fingerprint density at radius 3 is 2.14 bits per heavy atom. The minimum Gasteiger partial charge on any atom is -0.317 e. The van der Waals surface area contributed by atoms with Crippen molar-refractivity contribution in [1.82, 2.24) is 20.4 Å². The number of piperidine rings is 2. The van der Waals surface area contributed by atoms with Gasteiger partial charge in [0.15, 0.2) is 0 Å². The molecule has 4 aliphatic rings. The van der Waals surface area contributed by atoms with Gasteiger partial charge in [0, 0.05) is 38.8 Å². The van der Waals surface area contributed by atoms with Crippen molar-refractivity contribution in [3.05, 3.63) is 0 Å². The molecule has 4 fully saturated rings. The van der Waals surface area contributed by atoms with Crippen LogP contribution in [0.5, 0.6) is 0 Å². The lowest BCUT2D eigenvalue weighted by atomic mass is 9.57. The molecule has 0 radical (unpaired) electrons. The first-order valence-corrected chi connectivity index (χ1v) is 9.71. The summed E-state index contributed by atoms with van der Waals surface area (Å²) in [7, 11) is 0. The molecule has 0 aromatic heterocycles. The second-order valence-corrected chi connectivity index (χ2v) is 8.34. The Bertz CT molecular complexity index is 337. The third-order valence-corrected chi connectivity index (χ3v) is 6.85. The normalized spacial score (nSPS) is 32.2. The summed E-state index contributed by atoms with van der Waals surface area (Å²) in [4.78, 5) is 5.51. The molecule has 1 saturated carbocycles. The van der Waals surface area contributed by atoms with E-state index in [1.54, 1.807) is 0 Å². The Balaban J connectivity index is 1.19. The van der Waals surface area contributed by atoms with Crippen molar-refractivity contribution < 1.29 is 0 Å². The van der Waals surface area contributed by atoms with Crippen LogP contribution in [0.1, 0.15) is 38.5 Å². The van der Waals surface area contributed by atoms with E-state index >= 15 is 0 Å². The number of hydrogen-bond acceptors (Lipinski definition) is 4. The zero-order valence-corrected chi connectivity index (χ0v) is 14.2. The van der Waals surface area contributed by atoms with Gasteiger partial charge in [-0.25, -0.2) is 0 Å². The second kappa shape index (κ2) is 6.76. The van der Waals surface area contributed by atoms with Crippen LogP contribution in [0.25, 0.3) is 0 Å². The van der Waals surface area contributed by atoms with E-state index in [1.807, 2.05) is 0 Å². The summed E-state index contributed by atoms with van der Waals surface area (Å²) in [6, 6.07) is 0.885. The molecule has 2 N–H and O–H groups in total. The van der Waals surface area contributed by atoms with E-state index in [1.165, 1.54) is 97.4 Å². The van der Waals surface area contributed by atoms with Crippen LogP contribution in [-0.4, -0.2) is 74.7 Å². The third kappa shape index (κ3) is 3.35. The lowest BCUT2D eigenvalue weighted by molar-refractivity contribution is -0.0384. The maximum absolute atomic E-state index is 3.50. The average Bonchev–Trinajstić information content (AvgIpc) is 2.56. The number of rotatable bonds is 3. The van der Waals surface area contributed by atoms with Crippen LogP contribution in [0.3, 0.4) is 0 Å². The van der Waals surface area contributed by atoms with Gasteiger partial charge in [0.05, 0.1) is 0 Å². The predicted octanol–water partition coefficient (Wildman–Crippen LogP) is 1.14. The van der Waals surface area contributed by atoms with Gasteiger partial charge < -0.3 is 20.4 Å². The zero-order valence-electron chi connectivity index (χ0n) is 14.2. The highest BCUT2D eigenvalue weighted by Gasteiger charge is 2.46. The Labute approximate surface area is 136 Å². The van der Waals surface area contributed by atoms with Gasteiger partial charge in [-0.2, -0.15) is 0 Å². The van der Waals surface area contributed by atoms with Crippen molar-refractivity contribution in [2.24, 2.45) is 11.3 Å². The van der Waals surface area contributed by atoms with E-state index in [0.29, 0.717) is 0 Å². The fourth-order valence-electron chi connectivity index (χ4n) is 5.50. The van der Waals surface area contributed by atoms with Gasteiger partial charge in [0.2, 0.25) is 0 Å². The summed E-state index contributed by atoms with van der Waals surface area (Å²) >= 11 is 0. The van der Waals surface area contributed by atoms with Gasteiger partial charge in [-0.1, -0.05) is 0 Å². The topological polar surface area (TPSA) is 30.5 Å². The molecule has 0 aromatic rings. The highest BCUT2D eigenvalue weighted by molar-refractivity contribution is 4.99. The van der Waals surface area contributed by atoms with Crippen molar-refractivity contribution in [3.8, 4) is 0 Å². The molecule has 1 aliphatic carbocycles. The van der Waals surface area contributed by atoms with Crippen molar-refractivity contribution in [3.63, 3.8) is 0 Å². The molecule has 0 bridgehead atoms. The maximum atomic E-state index is 3.50. The average molecular weight is 306 g/mol. The summed E-state index contributed by atoms with van der Waals surface area (Å²) in [6.07, 6.45) is 8.76. The largest absolute Gasteiger partial charge is 0.317 e. The molecule has 3 saturated heterocycles. The summed E-state index contributed by atoms with van der Waals surface area (Å²) < 4.78 is 0. The monoisotopic (exact) mass is 306 g/mol. The van der Waals surface area contributed by atoms with Crippen molar-refractivity contribution >= 4 is 0 Å². The van der Waals surface area contributed by atoms with Crippen LogP contribution in [0.4, 0.5) is 0 Å². The lowest BCUT2D eigenvalue weighted by Crippen LogP contribution is -2.54. The third-order valence-electron chi connectivity index (χ3n) is 6.85. The highest BCUT2D eigenvalue weighted by atomic mass is 15.2. The molecule has 3 heterocycles. The molecule has 0 unspecified atom stereocenters. The molecule has 4 heteroatoms. The van der Waals surface area contributed by atoms with Gasteiger partial charge in [0.1, 0.15) is 0 Å². The first kappa shape index (κ1) is 15.4. The first-order valence-electron chi connectivity index (χ1n) is 9.71. The molecular formula is C18H34N4. The van der Waals surface area contributed by atoms with E-state index in [0.717, 1.165) is 17.4 Å². The van der Waals surface area contributed by atoms with Gasteiger partial charge in [0.25, 0.3) is 0 Å². The predicted molar refractivity (Wildman–Crippen MR) is 91.2 cm³/mol. The van der Waals surface area contributed by atoms with Crippen LogP contribution in [-0.2, 0) is 0 Å². The van der Waals surface area contributed by atoms with Gasteiger partial charge >= 0.3 is 0 Å². The summed E-state index contributed by atoms with van der Waals surface area (Å²) in [5, 5.41) is 6.97.